The van der Waals surface area contributed by atoms with Crippen LogP contribution in [0.5, 0.6) is 0 Å². The minimum Gasteiger partial charge on any atom is -0.0613 e. The molecule has 1 aromatic rings. The summed E-state index contributed by atoms with van der Waals surface area (Å²) in [4.78, 5) is 0. The Morgan fingerprint density at radius 1 is 1.33 bits per heavy atom. The summed E-state index contributed by atoms with van der Waals surface area (Å²) in [6, 6.07) is 6.90. The van der Waals surface area contributed by atoms with Gasteiger partial charge in [-0.2, -0.15) is 0 Å². The maximum Gasteiger partial charge on any atom is -0.00900 e. The van der Waals surface area contributed by atoms with Crippen LogP contribution in [0.3, 0.4) is 0 Å². The van der Waals surface area contributed by atoms with E-state index in [0.717, 1.165) is 6.42 Å². The Hall–Kier alpha value is -0.780. The maximum atomic E-state index is 2.37. The Labute approximate surface area is 74.6 Å². The van der Waals surface area contributed by atoms with Gasteiger partial charge in [-0.1, -0.05) is 25.1 Å². The van der Waals surface area contributed by atoms with Gasteiger partial charge in [0.15, 0.2) is 0 Å². The highest BCUT2D eigenvalue weighted by Crippen LogP contribution is 2.23. The summed E-state index contributed by atoms with van der Waals surface area (Å²) < 4.78 is 0. The van der Waals surface area contributed by atoms with Crippen LogP contribution < -0.4 is 0 Å². The third-order valence-electron chi connectivity index (χ3n) is 2.63. The molecular weight excluding hydrogens is 144 g/mol. The summed E-state index contributed by atoms with van der Waals surface area (Å²) in [5, 5.41) is 0. The van der Waals surface area contributed by atoms with Crippen LogP contribution in [-0.2, 0) is 12.8 Å². The number of hydrogen-bond acceptors (Lipinski definition) is 0. The number of aryl methyl sites for hydroxylation is 2. The smallest absolute Gasteiger partial charge is 0.00900 e. The quantitative estimate of drug-likeness (QED) is 0.590. The van der Waals surface area contributed by atoms with Crippen molar-refractivity contribution in [1.82, 2.24) is 0 Å². The van der Waals surface area contributed by atoms with E-state index in [9.17, 15) is 0 Å². The molecule has 2 rings (SSSR count). The average Bonchev–Trinajstić information content (AvgIpc) is 2.17. The molecule has 0 nitrogen and oxygen atoms in total. The molecule has 0 spiro atoms. The molecule has 0 amide bonds. The normalized spacial score (nSPS) is 15.8. The van der Waals surface area contributed by atoms with Crippen molar-refractivity contribution in [1.29, 1.82) is 0 Å². The van der Waals surface area contributed by atoms with Gasteiger partial charge in [0.2, 0.25) is 0 Å². The van der Waals surface area contributed by atoms with Gasteiger partial charge in [0.1, 0.15) is 0 Å². The van der Waals surface area contributed by atoms with E-state index in [1.807, 2.05) is 0 Å². The molecule has 0 unspecified atom stereocenters. The molecule has 63 valence electrons. The Morgan fingerprint density at radius 3 is 3.08 bits per heavy atom. The second kappa shape index (κ2) is 3.30. The van der Waals surface area contributed by atoms with Crippen molar-refractivity contribution in [2.75, 3.05) is 0 Å². The van der Waals surface area contributed by atoms with Gasteiger partial charge in [0.05, 0.1) is 0 Å². The van der Waals surface area contributed by atoms with Crippen molar-refractivity contribution < 1.29 is 0 Å². The van der Waals surface area contributed by atoms with Crippen LogP contribution in [0.1, 0.15) is 36.5 Å². The first-order chi connectivity index (χ1) is 5.90. The number of hydrogen-bond donors (Lipinski definition) is 0. The third-order valence-corrected chi connectivity index (χ3v) is 2.63. The van der Waals surface area contributed by atoms with E-state index < -0.39 is 0 Å². The third kappa shape index (κ3) is 1.38. The predicted octanol–water partition coefficient (Wildman–Crippen LogP) is 3.14. The van der Waals surface area contributed by atoms with E-state index in [4.69, 9.17) is 0 Å². The lowest BCUT2D eigenvalue weighted by molar-refractivity contribution is 0.773. The maximum absolute atomic E-state index is 2.37. The summed E-state index contributed by atoms with van der Waals surface area (Å²) in [5.41, 5.74) is 4.49. The Balaban J connectivity index is 2.36. The van der Waals surface area contributed by atoms with Gasteiger partial charge in [-0.3, -0.25) is 0 Å². The van der Waals surface area contributed by atoms with Crippen molar-refractivity contribution in [2.24, 2.45) is 0 Å². The van der Waals surface area contributed by atoms with Gasteiger partial charge >= 0.3 is 0 Å². The highest BCUT2D eigenvalue weighted by molar-refractivity contribution is 5.38. The Bertz CT molecular complexity index is 273. The topological polar surface area (TPSA) is 0 Å². The fourth-order valence-electron chi connectivity index (χ4n) is 1.83. The van der Waals surface area contributed by atoms with Crippen molar-refractivity contribution in [3.8, 4) is 0 Å². The molecule has 0 bridgehead atoms. The van der Waals surface area contributed by atoms with Crippen LogP contribution in [-0.4, -0.2) is 0 Å². The van der Waals surface area contributed by atoms with Gasteiger partial charge in [0.25, 0.3) is 0 Å². The van der Waals surface area contributed by atoms with Crippen LogP contribution in [0.4, 0.5) is 0 Å². The average molecular weight is 159 g/mol. The van der Waals surface area contributed by atoms with Gasteiger partial charge < -0.3 is 0 Å². The molecule has 0 heterocycles. The Morgan fingerprint density at radius 2 is 2.25 bits per heavy atom. The Kier molecular flexibility index (Phi) is 2.16. The largest absolute Gasteiger partial charge is 0.0613 e. The molecule has 0 saturated carbocycles. The first-order valence-corrected chi connectivity index (χ1v) is 4.85. The summed E-state index contributed by atoms with van der Waals surface area (Å²) in [6.07, 6.45) is 7.40. The highest BCUT2D eigenvalue weighted by atomic mass is 14.1. The van der Waals surface area contributed by atoms with Crippen molar-refractivity contribution in [2.45, 2.75) is 32.6 Å². The summed E-state index contributed by atoms with van der Waals surface area (Å²) in [7, 11) is 0. The molecule has 0 fully saturated rings. The van der Waals surface area contributed by atoms with Gasteiger partial charge in [-0.05, 0) is 48.8 Å². The monoisotopic (exact) mass is 159 g/mol. The van der Waals surface area contributed by atoms with Gasteiger partial charge in [0, 0.05) is 0 Å². The molecule has 0 atom stereocenters. The zero-order valence-electron chi connectivity index (χ0n) is 7.64. The molecule has 1 aromatic carbocycles. The molecule has 12 heavy (non-hydrogen) atoms. The molecular formula is C12H15. The van der Waals surface area contributed by atoms with Crippen molar-refractivity contribution >= 4 is 0 Å². The minimum absolute atomic E-state index is 1.15. The van der Waals surface area contributed by atoms with E-state index in [-0.39, 0.29) is 0 Å². The van der Waals surface area contributed by atoms with Gasteiger partial charge in [-0.15, -0.1) is 0 Å². The van der Waals surface area contributed by atoms with E-state index in [2.05, 4.69) is 31.5 Å². The van der Waals surface area contributed by atoms with E-state index in [1.54, 1.807) is 5.56 Å². The van der Waals surface area contributed by atoms with E-state index in [1.165, 1.54) is 30.4 Å². The first kappa shape index (κ1) is 7.85. The first-order valence-electron chi connectivity index (χ1n) is 4.85. The molecule has 0 N–H and O–H groups in total. The number of fused-ring (bicyclic) bond motifs is 1. The fraction of sp³-hybridized carbons (Fsp3) is 0.417. The SMILES string of the molecule is CCc1ccc2c(c1)[CH]CCC2. The van der Waals surface area contributed by atoms with Crippen LogP contribution >= 0.6 is 0 Å². The lowest BCUT2D eigenvalue weighted by Crippen LogP contribution is -2.01. The number of rotatable bonds is 1. The van der Waals surface area contributed by atoms with E-state index >= 15 is 0 Å². The lowest BCUT2D eigenvalue weighted by atomic mass is 9.90. The molecule has 0 aliphatic heterocycles. The number of benzene rings is 1. The second-order valence-electron chi connectivity index (χ2n) is 3.48. The molecule has 0 heteroatoms. The lowest BCUT2D eigenvalue weighted by Gasteiger charge is -2.15. The van der Waals surface area contributed by atoms with E-state index in [0.29, 0.717) is 0 Å². The molecule has 1 aliphatic carbocycles. The molecule has 0 aromatic heterocycles. The zero-order chi connectivity index (χ0) is 8.39. The van der Waals surface area contributed by atoms with Crippen LogP contribution in [0, 0.1) is 6.42 Å². The van der Waals surface area contributed by atoms with Crippen LogP contribution in [0.2, 0.25) is 0 Å². The minimum atomic E-state index is 1.15. The van der Waals surface area contributed by atoms with Gasteiger partial charge in [-0.25, -0.2) is 0 Å². The zero-order valence-corrected chi connectivity index (χ0v) is 7.64. The summed E-state index contributed by atoms with van der Waals surface area (Å²) >= 11 is 0. The second-order valence-corrected chi connectivity index (χ2v) is 3.48. The standard InChI is InChI=1S/C12H15/c1-2-10-7-8-11-5-3-4-6-12(11)9-10/h6-9H,2-5H2,1H3. The van der Waals surface area contributed by atoms with Crippen molar-refractivity contribution in [3.05, 3.63) is 41.3 Å². The molecule has 1 radical (unpaired) electrons. The predicted molar refractivity (Wildman–Crippen MR) is 52.2 cm³/mol. The summed E-state index contributed by atoms with van der Waals surface area (Å²) in [5.74, 6) is 0. The van der Waals surface area contributed by atoms with Crippen LogP contribution in [0.15, 0.2) is 18.2 Å². The molecule has 0 saturated heterocycles. The van der Waals surface area contributed by atoms with Crippen LogP contribution in [0.25, 0.3) is 0 Å². The fourth-order valence-corrected chi connectivity index (χ4v) is 1.83. The molecule has 1 aliphatic rings. The summed E-state index contributed by atoms with van der Waals surface area (Å²) in [6.45, 7) is 2.21. The van der Waals surface area contributed by atoms with Crippen molar-refractivity contribution in [3.63, 3.8) is 0 Å². The highest BCUT2D eigenvalue weighted by Gasteiger charge is 2.08.